The standard InChI is InChI=1S/C17H19N5OS2/c1-17(2,3)14-20-21-15(22(14)4)25-16-18-10-12(24-16)19-13(23)11-8-6-5-7-9-11/h5-10H,1-4H3,(H,19,23). The number of nitrogens with one attached hydrogen (secondary N) is 1. The SMILES string of the molecule is Cn1c(Sc2ncc(NC(=O)c3ccccc3)s2)nnc1C(C)(C)C. The highest BCUT2D eigenvalue weighted by Gasteiger charge is 2.23. The van der Waals surface area contributed by atoms with Crippen LogP contribution in [0.4, 0.5) is 5.00 Å². The van der Waals surface area contributed by atoms with Gasteiger partial charge in [-0.25, -0.2) is 4.98 Å². The molecule has 6 nitrogen and oxygen atoms in total. The van der Waals surface area contributed by atoms with Crippen LogP contribution in [0.25, 0.3) is 0 Å². The second-order valence-corrected chi connectivity index (χ2v) is 8.77. The van der Waals surface area contributed by atoms with E-state index in [1.54, 1.807) is 18.3 Å². The van der Waals surface area contributed by atoms with Crippen molar-refractivity contribution in [1.82, 2.24) is 19.7 Å². The molecule has 2 aromatic heterocycles. The van der Waals surface area contributed by atoms with Crippen LogP contribution in [0.2, 0.25) is 0 Å². The summed E-state index contributed by atoms with van der Waals surface area (Å²) in [4.78, 5) is 16.5. The zero-order valence-corrected chi connectivity index (χ0v) is 16.1. The largest absolute Gasteiger partial charge is 0.312 e. The van der Waals surface area contributed by atoms with Gasteiger partial charge in [0.1, 0.15) is 10.8 Å². The highest BCUT2D eigenvalue weighted by Crippen LogP contribution is 2.33. The number of benzene rings is 1. The number of thiazole rings is 1. The van der Waals surface area contributed by atoms with Gasteiger partial charge < -0.3 is 9.88 Å². The van der Waals surface area contributed by atoms with Crippen molar-refractivity contribution in [3.05, 3.63) is 47.9 Å². The lowest BCUT2D eigenvalue weighted by molar-refractivity contribution is 0.102. The van der Waals surface area contributed by atoms with Gasteiger partial charge in [-0.15, -0.1) is 10.2 Å². The molecule has 25 heavy (non-hydrogen) atoms. The van der Waals surface area contributed by atoms with Gasteiger partial charge in [0.05, 0.1) is 6.20 Å². The van der Waals surface area contributed by atoms with E-state index in [0.717, 1.165) is 15.3 Å². The van der Waals surface area contributed by atoms with Crippen molar-refractivity contribution in [2.45, 2.75) is 35.7 Å². The molecule has 1 N–H and O–H groups in total. The number of amides is 1. The Morgan fingerprint density at radius 3 is 2.56 bits per heavy atom. The van der Waals surface area contributed by atoms with Gasteiger partial charge in [-0.05, 0) is 23.9 Å². The molecule has 2 heterocycles. The van der Waals surface area contributed by atoms with Crippen molar-refractivity contribution in [3.63, 3.8) is 0 Å². The normalized spacial score (nSPS) is 11.5. The van der Waals surface area contributed by atoms with Crippen LogP contribution in [0, 0.1) is 0 Å². The molecule has 0 aliphatic rings. The van der Waals surface area contributed by atoms with E-state index in [4.69, 9.17) is 0 Å². The minimum Gasteiger partial charge on any atom is -0.312 e. The van der Waals surface area contributed by atoms with Gasteiger partial charge in [-0.3, -0.25) is 4.79 Å². The van der Waals surface area contributed by atoms with Gasteiger partial charge in [0.25, 0.3) is 5.91 Å². The highest BCUT2D eigenvalue weighted by molar-refractivity contribution is 8.01. The van der Waals surface area contributed by atoms with Crippen molar-refractivity contribution in [2.24, 2.45) is 7.05 Å². The first-order chi connectivity index (χ1) is 11.8. The number of carbonyl (C=O) groups excluding carboxylic acids is 1. The monoisotopic (exact) mass is 373 g/mol. The van der Waals surface area contributed by atoms with Crippen molar-refractivity contribution >= 4 is 34.0 Å². The lowest BCUT2D eigenvalue weighted by Crippen LogP contribution is -2.17. The van der Waals surface area contributed by atoms with E-state index >= 15 is 0 Å². The number of anilines is 1. The van der Waals surface area contributed by atoms with Gasteiger partial charge in [0.2, 0.25) is 0 Å². The Labute approximate surface area is 154 Å². The highest BCUT2D eigenvalue weighted by atomic mass is 32.2. The molecule has 0 saturated heterocycles. The number of aromatic nitrogens is 4. The van der Waals surface area contributed by atoms with E-state index in [0.29, 0.717) is 10.6 Å². The van der Waals surface area contributed by atoms with Crippen molar-refractivity contribution in [3.8, 4) is 0 Å². The summed E-state index contributed by atoms with van der Waals surface area (Å²) in [6.07, 6.45) is 1.66. The summed E-state index contributed by atoms with van der Waals surface area (Å²) < 4.78 is 2.79. The fourth-order valence-electron chi connectivity index (χ4n) is 2.27. The maximum Gasteiger partial charge on any atom is 0.256 e. The quantitative estimate of drug-likeness (QED) is 0.749. The number of nitrogens with zero attached hydrogens (tertiary/aromatic N) is 4. The fourth-order valence-corrected chi connectivity index (χ4v) is 4.04. The Balaban J connectivity index is 1.70. The van der Waals surface area contributed by atoms with E-state index in [-0.39, 0.29) is 11.3 Å². The van der Waals surface area contributed by atoms with Gasteiger partial charge in [-0.2, -0.15) is 0 Å². The lowest BCUT2D eigenvalue weighted by Gasteiger charge is -2.16. The lowest BCUT2D eigenvalue weighted by atomic mass is 9.96. The van der Waals surface area contributed by atoms with E-state index in [1.165, 1.54) is 23.1 Å². The van der Waals surface area contributed by atoms with Crippen LogP contribution in [-0.4, -0.2) is 25.7 Å². The van der Waals surface area contributed by atoms with Gasteiger partial charge in [-0.1, -0.05) is 50.3 Å². The van der Waals surface area contributed by atoms with E-state index in [9.17, 15) is 4.79 Å². The smallest absolute Gasteiger partial charge is 0.256 e. The molecule has 8 heteroatoms. The third-order valence-electron chi connectivity index (χ3n) is 3.44. The van der Waals surface area contributed by atoms with Crippen LogP contribution >= 0.6 is 23.1 Å². The number of hydrogen-bond donors (Lipinski definition) is 1. The van der Waals surface area contributed by atoms with E-state index in [1.807, 2.05) is 29.8 Å². The summed E-state index contributed by atoms with van der Waals surface area (Å²) >= 11 is 2.86. The molecular formula is C17H19N5OS2. The van der Waals surface area contributed by atoms with Crippen LogP contribution in [0.1, 0.15) is 37.0 Å². The Hall–Kier alpha value is -2.19. The molecule has 0 bridgehead atoms. The minimum absolute atomic E-state index is 0.0712. The topological polar surface area (TPSA) is 72.7 Å². The molecule has 1 amide bonds. The predicted octanol–water partition coefficient (Wildman–Crippen LogP) is 3.97. The number of carbonyl (C=O) groups is 1. The molecule has 0 saturated carbocycles. The number of hydrogen-bond acceptors (Lipinski definition) is 6. The molecule has 0 fully saturated rings. The second kappa shape index (κ2) is 6.97. The zero-order valence-electron chi connectivity index (χ0n) is 14.5. The summed E-state index contributed by atoms with van der Waals surface area (Å²) in [6.45, 7) is 6.31. The van der Waals surface area contributed by atoms with E-state index in [2.05, 4.69) is 41.3 Å². The van der Waals surface area contributed by atoms with Crippen molar-refractivity contribution in [1.29, 1.82) is 0 Å². The minimum atomic E-state index is -0.144. The molecule has 130 valence electrons. The van der Waals surface area contributed by atoms with Crippen molar-refractivity contribution < 1.29 is 4.79 Å². The van der Waals surface area contributed by atoms with Crippen molar-refractivity contribution in [2.75, 3.05) is 5.32 Å². The van der Waals surface area contributed by atoms with Crippen LogP contribution in [0.3, 0.4) is 0 Å². The van der Waals surface area contributed by atoms with Gasteiger partial charge in [0, 0.05) is 18.0 Å². The Kier molecular flexibility index (Phi) is 4.91. The first-order valence-electron chi connectivity index (χ1n) is 7.74. The predicted molar refractivity (Wildman–Crippen MR) is 100 cm³/mol. The van der Waals surface area contributed by atoms with Crippen LogP contribution in [0.15, 0.2) is 46.0 Å². The summed E-state index contributed by atoms with van der Waals surface area (Å²) in [7, 11) is 1.95. The molecule has 0 aliphatic carbocycles. The third kappa shape index (κ3) is 4.08. The average Bonchev–Trinajstić information content (AvgIpc) is 3.15. The van der Waals surface area contributed by atoms with Crippen LogP contribution in [0.5, 0.6) is 0 Å². The molecule has 0 aliphatic heterocycles. The van der Waals surface area contributed by atoms with Crippen LogP contribution in [-0.2, 0) is 12.5 Å². The average molecular weight is 374 g/mol. The van der Waals surface area contributed by atoms with Gasteiger partial charge >= 0.3 is 0 Å². The first kappa shape index (κ1) is 17.6. The van der Waals surface area contributed by atoms with Gasteiger partial charge in [0.15, 0.2) is 9.50 Å². The maximum atomic E-state index is 12.2. The summed E-state index contributed by atoms with van der Waals surface area (Å²) in [6, 6.07) is 9.11. The molecule has 3 aromatic rings. The maximum absolute atomic E-state index is 12.2. The molecule has 0 radical (unpaired) electrons. The Morgan fingerprint density at radius 1 is 1.20 bits per heavy atom. The Bertz CT molecular complexity index is 880. The summed E-state index contributed by atoms with van der Waals surface area (Å²) in [5, 5.41) is 12.9. The molecule has 0 unspecified atom stereocenters. The molecule has 0 atom stereocenters. The fraction of sp³-hybridized carbons (Fsp3) is 0.294. The Morgan fingerprint density at radius 2 is 1.92 bits per heavy atom. The molecule has 1 aromatic carbocycles. The second-order valence-electron chi connectivity index (χ2n) is 6.53. The first-order valence-corrected chi connectivity index (χ1v) is 9.38. The zero-order chi connectivity index (χ0) is 18.0. The van der Waals surface area contributed by atoms with E-state index < -0.39 is 0 Å². The summed E-state index contributed by atoms with van der Waals surface area (Å²) in [5.41, 5.74) is 0.548. The number of rotatable bonds is 4. The third-order valence-corrected chi connectivity index (χ3v) is 5.47. The molecule has 3 rings (SSSR count). The molecule has 0 spiro atoms. The molecular weight excluding hydrogens is 354 g/mol. The summed E-state index contributed by atoms with van der Waals surface area (Å²) in [5.74, 6) is 0.777. The van der Waals surface area contributed by atoms with Crippen LogP contribution < -0.4 is 5.32 Å².